The summed E-state index contributed by atoms with van der Waals surface area (Å²) < 4.78 is 5.33. The molecule has 1 heterocycles. The average Bonchev–Trinajstić information content (AvgIpc) is 2.69. The van der Waals surface area contributed by atoms with Crippen molar-refractivity contribution in [3.63, 3.8) is 0 Å². The molecular weight excluding hydrogens is 388 g/mol. The second kappa shape index (κ2) is 7.36. The van der Waals surface area contributed by atoms with Crippen molar-refractivity contribution in [1.29, 1.82) is 0 Å². The lowest BCUT2D eigenvalue weighted by Gasteiger charge is -2.27. The number of fused-ring (bicyclic) bond motifs is 1. The van der Waals surface area contributed by atoms with Crippen LogP contribution >= 0.6 is 0 Å². The Bertz CT molecular complexity index is 1180. The standard InChI is InChI=1S/C23H18O7/c24-15-8-14(3-1-12-2-5-17(25)19(27)7-12)23-16(11-22(29)30-21(23)10-15)13-4-6-18(26)20(28)9-13/h1-10,16,24-28H,11H2. The van der Waals surface area contributed by atoms with Gasteiger partial charge in [0.25, 0.3) is 0 Å². The van der Waals surface area contributed by atoms with Gasteiger partial charge in [-0.2, -0.15) is 0 Å². The van der Waals surface area contributed by atoms with Gasteiger partial charge in [0.15, 0.2) is 23.0 Å². The van der Waals surface area contributed by atoms with Crippen molar-refractivity contribution in [3.8, 4) is 34.5 Å². The van der Waals surface area contributed by atoms with Crippen molar-refractivity contribution in [2.24, 2.45) is 0 Å². The number of benzene rings is 3. The normalized spacial score (nSPS) is 15.7. The molecule has 0 saturated carbocycles. The Balaban J connectivity index is 1.82. The predicted molar refractivity (Wildman–Crippen MR) is 109 cm³/mol. The molecule has 4 rings (SSSR count). The summed E-state index contributed by atoms with van der Waals surface area (Å²) in [7, 11) is 0. The highest BCUT2D eigenvalue weighted by molar-refractivity contribution is 5.82. The van der Waals surface area contributed by atoms with Crippen molar-refractivity contribution in [3.05, 3.63) is 70.8 Å². The zero-order chi connectivity index (χ0) is 21.4. The molecule has 3 aromatic carbocycles. The molecule has 152 valence electrons. The van der Waals surface area contributed by atoms with Crippen molar-refractivity contribution in [2.75, 3.05) is 0 Å². The minimum atomic E-state index is -0.482. The number of phenols is 5. The Hall–Kier alpha value is -4.13. The highest BCUT2D eigenvalue weighted by Crippen LogP contribution is 2.44. The molecule has 0 aliphatic carbocycles. The molecule has 1 atom stereocenters. The van der Waals surface area contributed by atoms with E-state index in [1.165, 1.54) is 36.4 Å². The topological polar surface area (TPSA) is 127 Å². The fraction of sp³-hybridized carbons (Fsp3) is 0.0870. The van der Waals surface area contributed by atoms with Gasteiger partial charge in [-0.05, 0) is 47.0 Å². The van der Waals surface area contributed by atoms with Crippen LogP contribution in [0.4, 0.5) is 0 Å². The van der Waals surface area contributed by atoms with Gasteiger partial charge in [-0.25, -0.2) is 0 Å². The van der Waals surface area contributed by atoms with E-state index in [2.05, 4.69) is 0 Å². The third-order valence-corrected chi connectivity index (χ3v) is 4.96. The van der Waals surface area contributed by atoms with Crippen LogP contribution in [0.25, 0.3) is 12.2 Å². The smallest absolute Gasteiger partial charge is 0.312 e. The fourth-order valence-corrected chi connectivity index (χ4v) is 3.53. The summed E-state index contributed by atoms with van der Waals surface area (Å²) in [6.07, 6.45) is 3.38. The van der Waals surface area contributed by atoms with Gasteiger partial charge in [0, 0.05) is 17.5 Å². The summed E-state index contributed by atoms with van der Waals surface area (Å²) in [6, 6.07) is 11.6. The lowest BCUT2D eigenvalue weighted by Crippen LogP contribution is -2.21. The maximum absolute atomic E-state index is 12.1. The van der Waals surface area contributed by atoms with Crippen molar-refractivity contribution in [2.45, 2.75) is 12.3 Å². The molecular formula is C23H18O7. The van der Waals surface area contributed by atoms with Gasteiger partial charge in [-0.15, -0.1) is 0 Å². The minimum absolute atomic E-state index is 0.0167. The first-order valence-electron chi connectivity index (χ1n) is 9.11. The average molecular weight is 406 g/mol. The summed E-state index contributed by atoms with van der Waals surface area (Å²) in [5.41, 5.74) is 2.42. The number of esters is 1. The van der Waals surface area contributed by atoms with Gasteiger partial charge >= 0.3 is 5.97 Å². The maximum Gasteiger partial charge on any atom is 0.312 e. The summed E-state index contributed by atoms with van der Waals surface area (Å²) >= 11 is 0. The van der Waals surface area contributed by atoms with Crippen LogP contribution in [0.5, 0.6) is 34.5 Å². The third-order valence-electron chi connectivity index (χ3n) is 4.96. The summed E-state index contributed by atoms with van der Waals surface area (Å²) in [5, 5.41) is 48.7. The number of ether oxygens (including phenoxy) is 1. The molecule has 30 heavy (non-hydrogen) atoms. The number of aromatic hydroxyl groups is 5. The second-order valence-corrected chi connectivity index (χ2v) is 7.01. The van der Waals surface area contributed by atoms with Crippen molar-refractivity contribution >= 4 is 18.1 Å². The molecule has 0 aromatic heterocycles. The molecule has 1 unspecified atom stereocenters. The van der Waals surface area contributed by atoms with Crippen LogP contribution in [0.2, 0.25) is 0 Å². The largest absolute Gasteiger partial charge is 0.508 e. The van der Waals surface area contributed by atoms with Crippen LogP contribution in [0, 0.1) is 0 Å². The van der Waals surface area contributed by atoms with E-state index in [4.69, 9.17) is 4.74 Å². The van der Waals surface area contributed by atoms with Crippen LogP contribution in [-0.2, 0) is 4.79 Å². The first-order valence-corrected chi connectivity index (χ1v) is 9.11. The third kappa shape index (κ3) is 3.60. The van der Waals surface area contributed by atoms with E-state index in [0.29, 0.717) is 22.3 Å². The monoisotopic (exact) mass is 406 g/mol. The quantitative estimate of drug-likeness (QED) is 0.194. The summed E-state index contributed by atoms with van der Waals surface area (Å²) in [4.78, 5) is 12.1. The number of rotatable bonds is 3. The molecule has 5 N–H and O–H groups in total. The maximum atomic E-state index is 12.1. The van der Waals surface area contributed by atoms with Gasteiger partial charge in [-0.3, -0.25) is 4.79 Å². The molecule has 7 nitrogen and oxygen atoms in total. The van der Waals surface area contributed by atoms with Crippen LogP contribution < -0.4 is 4.74 Å². The fourth-order valence-electron chi connectivity index (χ4n) is 3.53. The number of hydrogen-bond acceptors (Lipinski definition) is 7. The second-order valence-electron chi connectivity index (χ2n) is 7.01. The summed E-state index contributed by atoms with van der Waals surface area (Å²) in [5.74, 6) is -1.91. The molecule has 0 spiro atoms. The lowest BCUT2D eigenvalue weighted by atomic mass is 9.83. The van der Waals surface area contributed by atoms with Crippen molar-refractivity contribution in [1.82, 2.24) is 0 Å². The predicted octanol–water partition coefficient (Wildman–Crippen LogP) is 3.83. The van der Waals surface area contributed by atoms with E-state index >= 15 is 0 Å². The molecule has 1 aliphatic rings. The minimum Gasteiger partial charge on any atom is -0.508 e. The first-order chi connectivity index (χ1) is 14.3. The zero-order valence-electron chi connectivity index (χ0n) is 15.6. The van der Waals surface area contributed by atoms with E-state index in [1.54, 1.807) is 24.3 Å². The molecule has 3 aromatic rings. The van der Waals surface area contributed by atoms with Gasteiger partial charge in [-0.1, -0.05) is 24.3 Å². The Kier molecular flexibility index (Phi) is 4.71. The number of carbonyl (C=O) groups is 1. The van der Waals surface area contributed by atoms with E-state index in [-0.39, 0.29) is 40.9 Å². The Morgan fingerprint density at radius 3 is 2.20 bits per heavy atom. The van der Waals surface area contributed by atoms with E-state index < -0.39 is 11.9 Å². The van der Waals surface area contributed by atoms with Crippen LogP contribution in [0.15, 0.2) is 48.5 Å². The van der Waals surface area contributed by atoms with Gasteiger partial charge in [0.05, 0.1) is 6.42 Å². The van der Waals surface area contributed by atoms with Crippen molar-refractivity contribution < 1.29 is 35.1 Å². The Morgan fingerprint density at radius 1 is 0.800 bits per heavy atom. The first kappa shape index (κ1) is 19.2. The Labute approximate surface area is 171 Å². The number of hydrogen-bond donors (Lipinski definition) is 5. The SMILES string of the molecule is O=C1CC(c2ccc(O)c(O)c2)c2c(C=Cc3ccc(O)c(O)c3)cc(O)cc2O1. The van der Waals surface area contributed by atoms with Gasteiger partial charge in [0.2, 0.25) is 0 Å². The number of phenolic OH excluding ortho intramolecular Hbond substituents is 5. The van der Waals surface area contributed by atoms with Gasteiger partial charge in [0.1, 0.15) is 11.5 Å². The summed E-state index contributed by atoms with van der Waals surface area (Å²) in [6.45, 7) is 0. The van der Waals surface area contributed by atoms with E-state index in [1.807, 2.05) is 0 Å². The molecule has 7 heteroatoms. The van der Waals surface area contributed by atoms with Crippen LogP contribution in [0.3, 0.4) is 0 Å². The lowest BCUT2D eigenvalue weighted by molar-refractivity contribution is -0.135. The van der Waals surface area contributed by atoms with E-state index in [9.17, 15) is 30.3 Å². The molecule has 1 aliphatic heterocycles. The molecule has 0 fully saturated rings. The molecule has 0 bridgehead atoms. The van der Waals surface area contributed by atoms with Crippen LogP contribution in [0.1, 0.15) is 34.6 Å². The van der Waals surface area contributed by atoms with Crippen LogP contribution in [-0.4, -0.2) is 31.5 Å². The molecule has 0 amide bonds. The van der Waals surface area contributed by atoms with E-state index in [0.717, 1.165) is 0 Å². The Morgan fingerprint density at radius 2 is 1.50 bits per heavy atom. The van der Waals surface area contributed by atoms with Gasteiger partial charge < -0.3 is 30.3 Å². The highest BCUT2D eigenvalue weighted by Gasteiger charge is 2.31. The number of carbonyl (C=O) groups excluding carboxylic acids is 1. The molecule has 0 saturated heterocycles. The zero-order valence-corrected chi connectivity index (χ0v) is 15.6. The molecule has 0 radical (unpaired) electrons. The highest BCUT2D eigenvalue weighted by atomic mass is 16.5.